The van der Waals surface area contributed by atoms with Gasteiger partial charge in [0.05, 0.1) is 5.02 Å². The minimum absolute atomic E-state index is 0.0675. The van der Waals surface area contributed by atoms with Crippen LogP contribution in [0.5, 0.6) is 0 Å². The van der Waals surface area contributed by atoms with Gasteiger partial charge in [0.15, 0.2) is 5.96 Å². The third kappa shape index (κ3) is 8.86. The van der Waals surface area contributed by atoms with E-state index in [1.807, 2.05) is 0 Å². The Morgan fingerprint density at radius 2 is 1.66 bits per heavy atom. The number of aliphatic imine (C=N–C) groups is 1. The van der Waals surface area contributed by atoms with E-state index in [0.29, 0.717) is 5.92 Å². The summed E-state index contributed by atoms with van der Waals surface area (Å²) >= 11 is 5.40. The first-order chi connectivity index (χ1) is 18.1. The highest BCUT2D eigenvalue weighted by Gasteiger charge is 2.21. The van der Waals surface area contributed by atoms with Gasteiger partial charge in [-0.15, -0.1) is 0 Å². The fourth-order valence-corrected chi connectivity index (χ4v) is 4.37. The van der Waals surface area contributed by atoms with Gasteiger partial charge in [0.2, 0.25) is 0 Å². The van der Waals surface area contributed by atoms with Crippen LogP contribution in [0, 0.1) is 11.7 Å². The first-order valence-corrected chi connectivity index (χ1v) is 12.4. The highest BCUT2D eigenvalue weighted by Crippen LogP contribution is 2.28. The molecule has 0 unspecified atom stereocenters. The molecule has 0 bridgehead atoms. The quantitative estimate of drug-likeness (QED) is 0.208. The van der Waals surface area contributed by atoms with E-state index in [-0.39, 0.29) is 16.7 Å². The fraction of sp³-hybridized carbons (Fsp3) is 0.250. The van der Waals surface area contributed by atoms with E-state index < -0.39 is 17.6 Å². The Kier molecular flexibility index (Phi) is 10.2. The predicted octanol–water partition coefficient (Wildman–Crippen LogP) is 3.21. The number of nitrogens with zero attached hydrogens (tertiary/aromatic N) is 2. The van der Waals surface area contributed by atoms with Crippen molar-refractivity contribution < 1.29 is 14.0 Å². The molecule has 3 aromatic rings. The summed E-state index contributed by atoms with van der Waals surface area (Å²) in [6.45, 7) is 2.64. The molecular formula is C28H32ClFN6O2. The fourth-order valence-electron chi connectivity index (χ4n) is 4.25. The minimum atomic E-state index is -1.14. The van der Waals surface area contributed by atoms with E-state index in [9.17, 15) is 14.0 Å². The molecule has 8 nitrogen and oxygen atoms in total. The van der Waals surface area contributed by atoms with Crippen molar-refractivity contribution in [1.82, 2.24) is 4.90 Å². The molecule has 1 aliphatic rings. The first kappa shape index (κ1) is 28.6. The number of carbonyl (C=O) groups is 2. The second-order valence-electron chi connectivity index (χ2n) is 9.25. The van der Waals surface area contributed by atoms with E-state index in [1.165, 1.54) is 34.4 Å². The van der Waals surface area contributed by atoms with Gasteiger partial charge in [-0.3, -0.25) is 19.5 Å². The Labute approximate surface area is 226 Å². The number of amides is 2. The third-order valence-electron chi connectivity index (χ3n) is 5.97. The molecule has 1 atom stereocenters. The molecule has 2 amide bonds. The number of nitrogens with two attached hydrogens (primary N) is 3. The highest BCUT2D eigenvalue weighted by atomic mass is 35.5. The molecule has 4 rings (SSSR count). The van der Waals surface area contributed by atoms with Crippen LogP contribution >= 0.6 is 11.6 Å². The van der Waals surface area contributed by atoms with Crippen LogP contribution in [0.3, 0.4) is 0 Å². The molecule has 0 heterocycles. The second-order valence-corrected chi connectivity index (χ2v) is 9.66. The van der Waals surface area contributed by atoms with Crippen LogP contribution in [0.15, 0.2) is 71.7 Å². The molecule has 0 saturated carbocycles. The number of guanidine groups is 1. The Morgan fingerprint density at radius 3 is 2.32 bits per heavy atom. The zero-order valence-electron chi connectivity index (χ0n) is 21.2. The summed E-state index contributed by atoms with van der Waals surface area (Å²) in [5.41, 5.74) is 21.3. The van der Waals surface area contributed by atoms with Crippen LogP contribution in [0.1, 0.15) is 22.3 Å². The summed E-state index contributed by atoms with van der Waals surface area (Å²) in [5.74, 6) is -2.12. The summed E-state index contributed by atoms with van der Waals surface area (Å²) in [7, 11) is 2.17. The Balaban J connectivity index is 0.000000244. The van der Waals surface area contributed by atoms with Crippen LogP contribution in [-0.2, 0) is 35.5 Å². The second kappa shape index (κ2) is 13.6. The lowest BCUT2D eigenvalue weighted by atomic mass is 10.1. The van der Waals surface area contributed by atoms with E-state index >= 15 is 0 Å². The molecule has 0 radical (unpaired) electrons. The lowest BCUT2D eigenvalue weighted by molar-refractivity contribution is -0.134. The number of hydrogen-bond acceptors (Lipinski definition) is 4. The van der Waals surface area contributed by atoms with Crippen LogP contribution < -0.4 is 22.5 Å². The number of fused-ring (bicyclic) bond motifs is 1. The van der Waals surface area contributed by atoms with Crippen molar-refractivity contribution in [3.05, 3.63) is 99.8 Å². The smallest absolute Gasteiger partial charge is 0.313 e. The standard InChI is InChI=1S/C20H26N4.C8H6ClFN2O2/c1-24(13-15-5-3-2-4-6-15)14-16-7-8-18-10-17(11-19(18)9-16)12-23-20(21)22;9-5-2-1-4(3-6(5)10)12-8(14)7(11)13/h2-9,17H,10-14H2,1H3,(H4,21,22,23);1-3H,(H2,11,13)(H,12,14)/t17-;/m1./s1. The molecule has 0 spiro atoms. The molecule has 1 aliphatic carbocycles. The van der Waals surface area contributed by atoms with Crippen LogP contribution in [-0.4, -0.2) is 36.3 Å². The largest absolute Gasteiger partial charge is 0.370 e. The summed E-state index contributed by atoms with van der Waals surface area (Å²) in [6.07, 6.45) is 2.15. The minimum Gasteiger partial charge on any atom is -0.370 e. The van der Waals surface area contributed by atoms with Crippen molar-refractivity contribution in [3.8, 4) is 0 Å². The molecule has 7 N–H and O–H groups in total. The van der Waals surface area contributed by atoms with Crippen molar-refractivity contribution in [2.45, 2.75) is 25.9 Å². The number of hydrogen-bond donors (Lipinski definition) is 4. The topological polar surface area (TPSA) is 140 Å². The Bertz CT molecular complexity index is 1300. The zero-order valence-corrected chi connectivity index (χ0v) is 21.9. The van der Waals surface area contributed by atoms with Gasteiger partial charge in [-0.05, 0) is 66.3 Å². The average Bonchev–Trinajstić information content (AvgIpc) is 3.28. The van der Waals surface area contributed by atoms with Gasteiger partial charge >= 0.3 is 11.8 Å². The molecular weight excluding hydrogens is 507 g/mol. The summed E-state index contributed by atoms with van der Waals surface area (Å²) in [6, 6.07) is 21.1. The molecule has 10 heteroatoms. The van der Waals surface area contributed by atoms with E-state index in [2.05, 4.69) is 76.5 Å². The van der Waals surface area contributed by atoms with Gasteiger partial charge in [-0.2, -0.15) is 0 Å². The zero-order chi connectivity index (χ0) is 27.7. The Morgan fingerprint density at radius 1 is 0.974 bits per heavy atom. The normalized spacial score (nSPS) is 13.7. The number of anilines is 1. The van der Waals surface area contributed by atoms with Crippen molar-refractivity contribution in [2.24, 2.45) is 28.1 Å². The molecule has 0 aromatic heterocycles. The highest BCUT2D eigenvalue weighted by molar-refractivity contribution is 6.39. The van der Waals surface area contributed by atoms with Gasteiger partial charge in [0.1, 0.15) is 5.82 Å². The summed E-state index contributed by atoms with van der Waals surface area (Å²) in [5, 5.41) is 2.03. The van der Waals surface area contributed by atoms with Crippen molar-refractivity contribution in [3.63, 3.8) is 0 Å². The number of carbonyl (C=O) groups excluding carboxylic acids is 2. The maximum absolute atomic E-state index is 12.8. The monoisotopic (exact) mass is 538 g/mol. The van der Waals surface area contributed by atoms with Crippen LogP contribution in [0.25, 0.3) is 0 Å². The summed E-state index contributed by atoms with van der Waals surface area (Å²) in [4.78, 5) is 27.6. The summed E-state index contributed by atoms with van der Waals surface area (Å²) < 4.78 is 12.8. The molecule has 38 heavy (non-hydrogen) atoms. The third-order valence-corrected chi connectivity index (χ3v) is 6.28. The van der Waals surface area contributed by atoms with Gasteiger partial charge in [-0.25, -0.2) is 4.39 Å². The Hall–Kier alpha value is -3.95. The lowest BCUT2D eigenvalue weighted by Crippen LogP contribution is -2.29. The van der Waals surface area contributed by atoms with E-state index in [4.69, 9.17) is 23.1 Å². The maximum Gasteiger partial charge on any atom is 0.313 e. The van der Waals surface area contributed by atoms with E-state index in [1.54, 1.807) is 0 Å². The van der Waals surface area contributed by atoms with Gasteiger partial charge in [0.25, 0.3) is 0 Å². The molecule has 0 saturated heterocycles. The predicted molar refractivity (Wildman–Crippen MR) is 149 cm³/mol. The number of rotatable bonds is 7. The maximum atomic E-state index is 12.8. The number of primary amides is 1. The average molecular weight is 539 g/mol. The number of benzene rings is 3. The molecule has 0 aliphatic heterocycles. The van der Waals surface area contributed by atoms with Gasteiger partial charge in [-0.1, -0.05) is 60.1 Å². The van der Waals surface area contributed by atoms with Crippen molar-refractivity contribution in [1.29, 1.82) is 0 Å². The van der Waals surface area contributed by atoms with Crippen molar-refractivity contribution >= 4 is 35.1 Å². The van der Waals surface area contributed by atoms with Gasteiger partial charge in [0, 0.05) is 25.3 Å². The van der Waals surface area contributed by atoms with Crippen LogP contribution in [0.2, 0.25) is 5.02 Å². The van der Waals surface area contributed by atoms with Crippen LogP contribution in [0.4, 0.5) is 10.1 Å². The number of nitrogens with one attached hydrogen (secondary N) is 1. The van der Waals surface area contributed by atoms with Crippen molar-refractivity contribution in [2.75, 3.05) is 18.9 Å². The van der Waals surface area contributed by atoms with E-state index in [0.717, 1.165) is 38.5 Å². The SMILES string of the molecule is CN(Cc1ccccc1)Cc1ccc2c(c1)C[C@H](CN=C(N)N)C2.NC(=O)C(=O)Nc1ccc(Cl)c(F)c1. The first-order valence-electron chi connectivity index (χ1n) is 12.0. The molecule has 3 aromatic carbocycles. The molecule has 200 valence electrons. The van der Waals surface area contributed by atoms with Gasteiger partial charge < -0.3 is 22.5 Å². The molecule has 0 fully saturated rings. The lowest BCUT2D eigenvalue weighted by Gasteiger charge is -2.17. The number of halogens is 2.